The zero-order valence-corrected chi connectivity index (χ0v) is 8.76. The Morgan fingerprint density at radius 2 is 2.20 bits per heavy atom. The van der Waals surface area contributed by atoms with Crippen LogP contribution in [-0.4, -0.2) is 23.0 Å². The van der Waals surface area contributed by atoms with E-state index >= 15 is 0 Å². The summed E-state index contributed by atoms with van der Waals surface area (Å²) >= 11 is 0. The highest BCUT2D eigenvalue weighted by atomic mass is 16.6. The van der Waals surface area contributed by atoms with Gasteiger partial charge >= 0.3 is 0 Å². The van der Waals surface area contributed by atoms with Gasteiger partial charge in [-0.25, -0.2) is 0 Å². The average Bonchev–Trinajstić information content (AvgIpc) is 2.78. The van der Waals surface area contributed by atoms with Crippen LogP contribution in [-0.2, 0) is 4.84 Å². The van der Waals surface area contributed by atoms with Gasteiger partial charge in [0.05, 0.1) is 11.8 Å². The monoisotopic (exact) mass is 205 g/mol. The second kappa shape index (κ2) is 4.45. The standard InChI is InChI=1S/C12H15NO2/c1-2-11(14)12-8-10(13-15-12)9-6-4-3-5-7-9/h3-7,11-12,14H,2,8H2,1H3/t11-,12-/m0/s1. The van der Waals surface area contributed by atoms with Crippen LogP contribution in [0.25, 0.3) is 0 Å². The van der Waals surface area contributed by atoms with Crippen molar-refractivity contribution >= 4 is 5.71 Å². The van der Waals surface area contributed by atoms with Crippen LogP contribution in [0.2, 0.25) is 0 Å². The van der Waals surface area contributed by atoms with Gasteiger partial charge in [0.2, 0.25) is 0 Å². The van der Waals surface area contributed by atoms with E-state index in [1.54, 1.807) is 0 Å². The van der Waals surface area contributed by atoms with Crippen LogP contribution in [0.15, 0.2) is 35.5 Å². The minimum Gasteiger partial charge on any atom is -0.389 e. The Kier molecular flexibility index (Phi) is 3.02. The number of hydrogen-bond acceptors (Lipinski definition) is 3. The third-order valence-electron chi connectivity index (χ3n) is 2.65. The third-order valence-corrected chi connectivity index (χ3v) is 2.65. The molecular formula is C12H15NO2. The van der Waals surface area contributed by atoms with E-state index in [2.05, 4.69) is 5.16 Å². The number of aliphatic hydroxyl groups excluding tert-OH is 1. The van der Waals surface area contributed by atoms with Gasteiger partial charge in [0.1, 0.15) is 0 Å². The average molecular weight is 205 g/mol. The summed E-state index contributed by atoms with van der Waals surface area (Å²) in [4.78, 5) is 5.21. The molecule has 0 amide bonds. The van der Waals surface area contributed by atoms with Gasteiger partial charge < -0.3 is 9.94 Å². The molecule has 0 saturated heterocycles. The summed E-state index contributed by atoms with van der Waals surface area (Å²) in [6, 6.07) is 9.92. The van der Waals surface area contributed by atoms with Crippen LogP contribution in [0.4, 0.5) is 0 Å². The van der Waals surface area contributed by atoms with E-state index in [1.165, 1.54) is 0 Å². The van der Waals surface area contributed by atoms with Gasteiger partial charge in [0, 0.05) is 6.42 Å². The van der Waals surface area contributed by atoms with Crippen molar-refractivity contribution in [1.29, 1.82) is 0 Å². The first-order valence-electron chi connectivity index (χ1n) is 5.27. The van der Waals surface area contributed by atoms with Crippen LogP contribution >= 0.6 is 0 Å². The van der Waals surface area contributed by atoms with Crippen molar-refractivity contribution in [3.8, 4) is 0 Å². The van der Waals surface area contributed by atoms with Crippen molar-refractivity contribution in [1.82, 2.24) is 0 Å². The number of aliphatic hydroxyl groups is 1. The maximum Gasteiger partial charge on any atom is 0.158 e. The number of oxime groups is 1. The van der Waals surface area contributed by atoms with E-state index < -0.39 is 6.10 Å². The van der Waals surface area contributed by atoms with Gasteiger partial charge in [0.15, 0.2) is 6.10 Å². The number of benzene rings is 1. The molecule has 1 aliphatic rings. The normalized spacial score (nSPS) is 22.0. The summed E-state index contributed by atoms with van der Waals surface area (Å²) in [6.45, 7) is 1.94. The molecule has 0 saturated carbocycles. The summed E-state index contributed by atoms with van der Waals surface area (Å²) in [6.07, 6.45) is 0.793. The lowest BCUT2D eigenvalue weighted by Crippen LogP contribution is -2.25. The fourth-order valence-electron chi connectivity index (χ4n) is 1.67. The highest BCUT2D eigenvalue weighted by Gasteiger charge is 2.27. The summed E-state index contributed by atoms with van der Waals surface area (Å²) in [5.74, 6) is 0. The quantitative estimate of drug-likeness (QED) is 0.819. The van der Waals surface area contributed by atoms with Gasteiger partial charge in [-0.05, 0) is 12.0 Å². The van der Waals surface area contributed by atoms with Crippen LogP contribution in [0, 0.1) is 0 Å². The van der Waals surface area contributed by atoms with Crippen molar-refractivity contribution < 1.29 is 9.94 Å². The molecule has 15 heavy (non-hydrogen) atoms. The zero-order valence-electron chi connectivity index (χ0n) is 8.76. The van der Waals surface area contributed by atoms with E-state index in [-0.39, 0.29) is 6.10 Å². The van der Waals surface area contributed by atoms with E-state index in [0.717, 1.165) is 11.3 Å². The predicted molar refractivity (Wildman–Crippen MR) is 58.8 cm³/mol. The molecule has 1 N–H and O–H groups in total. The Hall–Kier alpha value is -1.35. The molecule has 1 aromatic rings. The lowest BCUT2D eigenvalue weighted by atomic mass is 10.0. The molecule has 80 valence electrons. The lowest BCUT2D eigenvalue weighted by molar-refractivity contribution is -0.0182. The molecule has 3 heteroatoms. The van der Waals surface area contributed by atoms with E-state index in [9.17, 15) is 5.11 Å². The number of rotatable bonds is 3. The van der Waals surface area contributed by atoms with Crippen LogP contribution in [0.1, 0.15) is 25.3 Å². The molecule has 0 spiro atoms. The van der Waals surface area contributed by atoms with Crippen molar-refractivity contribution in [2.24, 2.45) is 5.16 Å². The molecule has 0 bridgehead atoms. The fraction of sp³-hybridized carbons (Fsp3) is 0.417. The van der Waals surface area contributed by atoms with Crippen molar-refractivity contribution in [3.63, 3.8) is 0 Å². The SMILES string of the molecule is CC[C@H](O)[C@@H]1CC(c2ccccc2)=NO1. The summed E-state index contributed by atoms with van der Waals surface area (Å²) in [5, 5.41) is 13.6. The number of hydrogen-bond donors (Lipinski definition) is 1. The van der Waals surface area contributed by atoms with Gasteiger partial charge in [-0.1, -0.05) is 42.4 Å². The molecular weight excluding hydrogens is 190 g/mol. The highest BCUT2D eigenvalue weighted by molar-refractivity contribution is 6.01. The molecule has 2 atom stereocenters. The van der Waals surface area contributed by atoms with Gasteiger partial charge in [-0.2, -0.15) is 0 Å². The second-order valence-corrected chi connectivity index (χ2v) is 3.73. The first kappa shape index (κ1) is 10.2. The summed E-state index contributed by atoms with van der Waals surface area (Å²) < 4.78 is 0. The summed E-state index contributed by atoms with van der Waals surface area (Å²) in [7, 11) is 0. The van der Waals surface area contributed by atoms with Crippen LogP contribution in [0.3, 0.4) is 0 Å². The van der Waals surface area contributed by atoms with E-state index in [1.807, 2.05) is 37.3 Å². The van der Waals surface area contributed by atoms with Crippen molar-refractivity contribution in [3.05, 3.63) is 35.9 Å². The van der Waals surface area contributed by atoms with Crippen LogP contribution < -0.4 is 0 Å². The molecule has 3 nitrogen and oxygen atoms in total. The predicted octanol–water partition coefficient (Wildman–Crippen LogP) is 1.95. The molecule has 1 aliphatic heterocycles. The summed E-state index contributed by atoms with van der Waals surface area (Å²) in [5.41, 5.74) is 2.00. The Morgan fingerprint density at radius 1 is 1.47 bits per heavy atom. The largest absolute Gasteiger partial charge is 0.389 e. The van der Waals surface area contributed by atoms with E-state index in [0.29, 0.717) is 12.8 Å². The van der Waals surface area contributed by atoms with Crippen LogP contribution in [0.5, 0.6) is 0 Å². The first-order chi connectivity index (χ1) is 7.31. The second-order valence-electron chi connectivity index (χ2n) is 3.73. The smallest absolute Gasteiger partial charge is 0.158 e. The molecule has 1 heterocycles. The molecule has 0 aromatic heterocycles. The minimum absolute atomic E-state index is 0.176. The fourth-order valence-corrected chi connectivity index (χ4v) is 1.67. The molecule has 0 aliphatic carbocycles. The van der Waals surface area contributed by atoms with Crippen molar-refractivity contribution in [2.45, 2.75) is 32.0 Å². The highest BCUT2D eigenvalue weighted by Crippen LogP contribution is 2.20. The molecule has 0 fully saturated rings. The molecule has 0 radical (unpaired) electrons. The van der Waals surface area contributed by atoms with Crippen molar-refractivity contribution in [2.75, 3.05) is 0 Å². The van der Waals surface area contributed by atoms with Gasteiger partial charge in [0.25, 0.3) is 0 Å². The lowest BCUT2D eigenvalue weighted by Gasteiger charge is -2.13. The maximum atomic E-state index is 9.62. The Morgan fingerprint density at radius 3 is 2.87 bits per heavy atom. The first-order valence-corrected chi connectivity index (χ1v) is 5.27. The van der Waals surface area contributed by atoms with E-state index in [4.69, 9.17) is 4.84 Å². The maximum absolute atomic E-state index is 9.62. The number of nitrogens with zero attached hydrogens (tertiary/aromatic N) is 1. The Labute approximate surface area is 89.4 Å². The minimum atomic E-state index is -0.421. The Balaban J connectivity index is 2.04. The molecule has 0 unspecified atom stereocenters. The third kappa shape index (κ3) is 2.18. The zero-order chi connectivity index (χ0) is 10.7. The topological polar surface area (TPSA) is 41.8 Å². The Bertz CT molecular complexity index is 348. The van der Waals surface area contributed by atoms with Gasteiger partial charge in [-0.3, -0.25) is 0 Å². The molecule has 2 rings (SSSR count). The van der Waals surface area contributed by atoms with Gasteiger partial charge in [-0.15, -0.1) is 0 Å². The molecule has 1 aromatic carbocycles.